The summed E-state index contributed by atoms with van der Waals surface area (Å²) in [6.07, 6.45) is 0.186. The minimum atomic E-state index is -1.57. The zero-order valence-corrected chi connectivity index (χ0v) is 23.0. The van der Waals surface area contributed by atoms with Gasteiger partial charge >= 0.3 is 17.9 Å². The van der Waals surface area contributed by atoms with Crippen LogP contribution in [0.5, 0.6) is 0 Å². The number of ether oxygens (including phenoxy) is 1. The molecule has 0 fully saturated rings. The quantitative estimate of drug-likeness (QED) is 0.0736. The Bertz CT molecular complexity index is 1100. The van der Waals surface area contributed by atoms with Crippen LogP contribution in [-0.2, 0) is 38.3 Å². The predicted octanol–water partition coefficient (Wildman–Crippen LogP) is -2.31. The van der Waals surface area contributed by atoms with E-state index in [4.69, 9.17) is 21.3 Å². The van der Waals surface area contributed by atoms with Gasteiger partial charge in [0, 0.05) is 25.6 Å². The third kappa shape index (κ3) is 14.0. The Morgan fingerprint density at radius 1 is 0.952 bits per heavy atom. The Labute approximate surface area is 241 Å². The summed E-state index contributed by atoms with van der Waals surface area (Å²) in [4.78, 5) is 87.7. The molecule has 0 aliphatic heterocycles. The lowest BCUT2D eigenvalue weighted by molar-refractivity contribution is -0.148. The first kappa shape index (κ1) is 35.2. The largest absolute Gasteiger partial charge is 0.481 e. The number of carbonyl (C=O) groups is 7. The van der Waals surface area contributed by atoms with E-state index < -0.39 is 72.1 Å². The van der Waals surface area contributed by atoms with Crippen LogP contribution in [0.25, 0.3) is 0 Å². The smallest absolute Gasteiger partial charge is 0.326 e. The van der Waals surface area contributed by atoms with Gasteiger partial charge in [-0.15, -0.1) is 0 Å². The van der Waals surface area contributed by atoms with Gasteiger partial charge in [0.1, 0.15) is 17.9 Å². The number of nitrogens with two attached hydrogens (primary N) is 2. The van der Waals surface area contributed by atoms with Gasteiger partial charge in [-0.1, -0.05) is 6.07 Å². The summed E-state index contributed by atoms with van der Waals surface area (Å²) in [6, 6.07) is 0.984. The second-order valence-electron chi connectivity index (χ2n) is 9.17. The van der Waals surface area contributed by atoms with Crippen molar-refractivity contribution in [1.82, 2.24) is 20.9 Å². The molecule has 0 aromatic carbocycles. The van der Waals surface area contributed by atoms with Crippen molar-refractivity contribution in [3.8, 4) is 0 Å². The normalized spacial score (nSPS) is 13.4. The number of pyridine rings is 1. The summed E-state index contributed by atoms with van der Waals surface area (Å²) in [5.41, 5.74) is 10.7. The number of aliphatic carboxylic acids is 2. The van der Waals surface area contributed by atoms with Crippen molar-refractivity contribution in [2.45, 2.75) is 56.7 Å². The number of aromatic nitrogens is 1. The van der Waals surface area contributed by atoms with Gasteiger partial charge < -0.3 is 47.7 Å². The highest BCUT2D eigenvalue weighted by Gasteiger charge is 2.31. The summed E-state index contributed by atoms with van der Waals surface area (Å²) >= 11 is 0. The maximum absolute atomic E-state index is 13.0. The molecule has 1 heterocycles. The van der Waals surface area contributed by atoms with Gasteiger partial charge in [0.25, 0.3) is 0 Å². The third-order valence-electron chi connectivity index (χ3n) is 5.89. The number of esters is 1. The number of methoxy groups -OCH3 is 1. The van der Waals surface area contributed by atoms with Crippen LogP contribution < -0.4 is 32.7 Å². The van der Waals surface area contributed by atoms with Crippen molar-refractivity contribution < 1.29 is 48.5 Å². The number of carboxylic acid groups (broad SMARTS) is 2. The molecular formula is C25H37N7O10. The number of hydrogen-bond acceptors (Lipinski definition) is 11. The van der Waals surface area contributed by atoms with Crippen molar-refractivity contribution >= 4 is 47.4 Å². The van der Waals surface area contributed by atoms with E-state index in [0.29, 0.717) is 5.82 Å². The fourth-order valence-corrected chi connectivity index (χ4v) is 3.63. The highest BCUT2D eigenvalue weighted by Crippen LogP contribution is 2.15. The molecule has 17 nitrogen and oxygen atoms in total. The van der Waals surface area contributed by atoms with Crippen molar-refractivity contribution in [3.63, 3.8) is 0 Å². The maximum atomic E-state index is 13.0. The van der Waals surface area contributed by atoms with Crippen LogP contribution in [0.3, 0.4) is 0 Å². The standard InChI is InChI=1S/C25H37N7O10/c1-42-25(41)14(9-11-29-19-4-2-3-10-28-19)12-17(24(39)40)32-23(38)16(6-7-18(27)33)31-20(34)13-30-22(37)15(26)5-8-21(35)36/h2-4,10,14-17H,5-9,11-13,26H2,1H3,(H2,27,33)(H,28,29)(H,30,37)(H,31,34)(H,32,38)(H,35,36)(H,39,40)/t14?,15-,16-,17-/m0/s1. The molecule has 42 heavy (non-hydrogen) atoms. The van der Waals surface area contributed by atoms with Gasteiger partial charge in [-0.25, -0.2) is 9.78 Å². The van der Waals surface area contributed by atoms with Crippen LogP contribution in [0.2, 0.25) is 0 Å². The molecule has 0 aliphatic carbocycles. The molecule has 4 amide bonds. The SMILES string of the molecule is COC(=O)C(CCNc1ccccn1)C[C@H](NC(=O)[C@H](CCC(N)=O)NC(=O)CNC(=O)[C@@H](N)CCC(=O)O)C(=O)O. The van der Waals surface area contributed by atoms with Crippen molar-refractivity contribution in [3.05, 3.63) is 24.4 Å². The summed E-state index contributed by atoms with van der Waals surface area (Å²) in [5, 5.41) is 28.2. The number of rotatable bonds is 20. The Morgan fingerprint density at radius 2 is 1.67 bits per heavy atom. The lowest BCUT2D eigenvalue weighted by Gasteiger charge is -2.24. The van der Waals surface area contributed by atoms with Crippen LogP contribution in [0, 0.1) is 5.92 Å². The summed E-state index contributed by atoms with van der Waals surface area (Å²) < 4.78 is 4.79. The minimum Gasteiger partial charge on any atom is -0.481 e. The lowest BCUT2D eigenvalue weighted by atomic mass is 9.96. The number of primary amides is 1. The molecular weight excluding hydrogens is 558 g/mol. The second-order valence-corrected chi connectivity index (χ2v) is 9.17. The highest BCUT2D eigenvalue weighted by atomic mass is 16.5. The number of nitrogens with zero attached hydrogens (tertiary/aromatic N) is 1. The van der Waals surface area contributed by atoms with Gasteiger partial charge in [0.2, 0.25) is 23.6 Å². The van der Waals surface area contributed by atoms with Gasteiger partial charge in [-0.3, -0.25) is 28.8 Å². The molecule has 1 aromatic heterocycles. The summed E-state index contributed by atoms with van der Waals surface area (Å²) in [6.45, 7) is -0.407. The second kappa shape index (κ2) is 18.5. The Morgan fingerprint density at radius 3 is 2.24 bits per heavy atom. The first-order valence-electron chi connectivity index (χ1n) is 12.9. The molecule has 17 heteroatoms. The fourth-order valence-electron chi connectivity index (χ4n) is 3.63. The van der Waals surface area contributed by atoms with Crippen LogP contribution in [0.4, 0.5) is 5.82 Å². The molecule has 1 rings (SSSR count). The number of carboxylic acids is 2. The van der Waals surface area contributed by atoms with E-state index in [2.05, 4.69) is 26.3 Å². The van der Waals surface area contributed by atoms with Crippen molar-refractivity contribution in [2.75, 3.05) is 25.5 Å². The zero-order valence-electron chi connectivity index (χ0n) is 23.0. The highest BCUT2D eigenvalue weighted by molar-refractivity contribution is 5.93. The third-order valence-corrected chi connectivity index (χ3v) is 5.89. The monoisotopic (exact) mass is 595 g/mol. The first-order chi connectivity index (χ1) is 19.8. The van der Waals surface area contributed by atoms with Gasteiger partial charge in [-0.05, 0) is 37.8 Å². The fraction of sp³-hybridized carbons (Fsp3) is 0.520. The van der Waals surface area contributed by atoms with E-state index >= 15 is 0 Å². The first-order valence-corrected chi connectivity index (χ1v) is 12.9. The maximum Gasteiger partial charge on any atom is 0.326 e. The molecule has 0 radical (unpaired) electrons. The Hall–Kier alpha value is -4.80. The Kier molecular flexibility index (Phi) is 15.5. The molecule has 0 spiro atoms. The van der Waals surface area contributed by atoms with Crippen molar-refractivity contribution in [2.24, 2.45) is 17.4 Å². The molecule has 0 aliphatic rings. The average molecular weight is 596 g/mol. The predicted molar refractivity (Wildman–Crippen MR) is 145 cm³/mol. The van der Waals surface area contributed by atoms with E-state index in [1.807, 2.05) is 0 Å². The van der Waals surface area contributed by atoms with Crippen LogP contribution in [-0.4, -0.2) is 95.1 Å². The van der Waals surface area contributed by atoms with E-state index in [-0.39, 0.29) is 45.1 Å². The van der Waals surface area contributed by atoms with Crippen molar-refractivity contribution in [1.29, 1.82) is 0 Å². The van der Waals surface area contributed by atoms with E-state index in [1.54, 1.807) is 24.4 Å². The van der Waals surface area contributed by atoms with Crippen LogP contribution in [0.15, 0.2) is 24.4 Å². The lowest BCUT2D eigenvalue weighted by Crippen LogP contribution is -2.54. The topological polar surface area (TPSA) is 282 Å². The zero-order chi connectivity index (χ0) is 31.7. The summed E-state index contributed by atoms with van der Waals surface area (Å²) in [7, 11) is 1.14. The number of carbonyl (C=O) groups excluding carboxylic acids is 5. The molecule has 0 saturated carbocycles. The molecule has 1 aromatic rings. The molecule has 1 unspecified atom stereocenters. The number of amides is 4. The molecule has 4 atom stereocenters. The number of nitrogens with one attached hydrogen (secondary N) is 4. The van der Waals surface area contributed by atoms with Gasteiger partial charge in [-0.2, -0.15) is 0 Å². The van der Waals surface area contributed by atoms with Gasteiger partial charge in [0.15, 0.2) is 0 Å². The minimum absolute atomic E-state index is 0.138. The van der Waals surface area contributed by atoms with Crippen LogP contribution >= 0.6 is 0 Å². The summed E-state index contributed by atoms with van der Waals surface area (Å²) in [5.74, 6) is -7.16. The van der Waals surface area contributed by atoms with E-state index in [1.165, 1.54) is 0 Å². The molecule has 232 valence electrons. The van der Waals surface area contributed by atoms with E-state index in [0.717, 1.165) is 7.11 Å². The molecule has 0 saturated heterocycles. The average Bonchev–Trinajstić information content (AvgIpc) is 2.95. The van der Waals surface area contributed by atoms with E-state index in [9.17, 15) is 38.7 Å². The Balaban J connectivity index is 2.85. The number of anilines is 1. The van der Waals surface area contributed by atoms with Crippen LogP contribution in [0.1, 0.15) is 38.5 Å². The van der Waals surface area contributed by atoms with Gasteiger partial charge in [0.05, 0.1) is 25.6 Å². The molecule has 10 N–H and O–H groups in total. The number of hydrogen-bond donors (Lipinski definition) is 8. The molecule has 0 bridgehead atoms.